The molecule has 0 saturated heterocycles. The molecule has 3 heterocycles. The average Bonchev–Trinajstić information content (AvgIpc) is 3.47. The van der Waals surface area contributed by atoms with Gasteiger partial charge < -0.3 is 21.5 Å². The normalized spacial score (nSPS) is 11.7. The molecular formula is C32H27ClN10O6S2. The van der Waals surface area contributed by atoms with Crippen LogP contribution < -0.4 is 21.9 Å². The van der Waals surface area contributed by atoms with Crippen molar-refractivity contribution in [3.8, 4) is 16.5 Å². The van der Waals surface area contributed by atoms with Crippen molar-refractivity contribution in [2.24, 2.45) is 16.0 Å². The van der Waals surface area contributed by atoms with Crippen molar-refractivity contribution in [2.75, 3.05) is 10.6 Å². The molecule has 6 rings (SSSR count). The van der Waals surface area contributed by atoms with Gasteiger partial charge in [-0.15, -0.1) is 21.6 Å². The Bertz CT molecular complexity index is 2560. The number of nitrogens with zero attached hydrogens (tertiary/aromatic N) is 7. The second kappa shape index (κ2) is 13.8. The number of aromatic nitrogens is 5. The second-order valence-corrected chi connectivity index (χ2v) is 13.8. The zero-order valence-electron chi connectivity index (χ0n) is 26.9. The first-order chi connectivity index (χ1) is 24.2. The maximum Gasteiger partial charge on any atom is 0.296 e. The number of pyridine rings is 1. The number of thiazole rings is 1. The van der Waals surface area contributed by atoms with Gasteiger partial charge in [-0.05, 0) is 92.5 Å². The summed E-state index contributed by atoms with van der Waals surface area (Å²) in [6, 6.07) is 17.2. The molecule has 0 fully saturated rings. The summed E-state index contributed by atoms with van der Waals surface area (Å²) >= 11 is 7.79. The van der Waals surface area contributed by atoms with Crippen LogP contribution in [0.25, 0.3) is 20.8 Å². The number of nitrogens with two attached hydrogens (primary N) is 1. The van der Waals surface area contributed by atoms with Crippen LogP contribution in [0.3, 0.4) is 0 Å². The smallest absolute Gasteiger partial charge is 0.296 e. The molecule has 0 saturated carbocycles. The van der Waals surface area contributed by atoms with E-state index in [9.17, 15) is 27.7 Å². The Morgan fingerprint density at radius 3 is 2.27 bits per heavy atom. The van der Waals surface area contributed by atoms with E-state index >= 15 is 0 Å². The van der Waals surface area contributed by atoms with Crippen LogP contribution in [-0.2, 0) is 16.7 Å². The Balaban J connectivity index is 1.27. The molecule has 16 nitrogen and oxygen atoms in total. The van der Waals surface area contributed by atoms with Gasteiger partial charge in [0, 0.05) is 29.0 Å². The van der Waals surface area contributed by atoms with E-state index in [0.29, 0.717) is 5.69 Å². The number of nitrogens with one attached hydrogen (secondary N) is 2. The molecule has 3 aromatic carbocycles. The van der Waals surface area contributed by atoms with E-state index in [1.165, 1.54) is 19.1 Å². The minimum atomic E-state index is -4.82. The van der Waals surface area contributed by atoms with Crippen LogP contribution in [0, 0.1) is 13.8 Å². The first-order valence-electron chi connectivity index (χ1n) is 14.9. The molecular weight excluding hydrogens is 720 g/mol. The van der Waals surface area contributed by atoms with Crippen molar-refractivity contribution < 1.29 is 22.9 Å². The third kappa shape index (κ3) is 7.38. The van der Waals surface area contributed by atoms with Gasteiger partial charge >= 0.3 is 0 Å². The van der Waals surface area contributed by atoms with Gasteiger partial charge in [0.25, 0.3) is 21.6 Å². The fourth-order valence-corrected chi connectivity index (χ4v) is 6.91. The topological polar surface area (TPSA) is 240 Å². The maximum atomic E-state index is 12.6. The Hall–Kier alpha value is -5.82. The van der Waals surface area contributed by atoms with Gasteiger partial charge in [-0.2, -0.15) is 23.4 Å². The van der Waals surface area contributed by atoms with Crippen LogP contribution in [0.1, 0.15) is 28.4 Å². The molecule has 0 aliphatic carbocycles. The van der Waals surface area contributed by atoms with Crippen molar-refractivity contribution in [3.05, 3.63) is 93.0 Å². The van der Waals surface area contributed by atoms with Crippen LogP contribution in [0.4, 0.5) is 34.6 Å². The van der Waals surface area contributed by atoms with Crippen LogP contribution in [-0.4, -0.2) is 48.5 Å². The number of aryl methyl sites for hydroxylation is 1. The van der Waals surface area contributed by atoms with E-state index in [0.717, 1.165) is 37.0 Å². The van der Waals surface area contributed by atoms with Gasteiger partial charge in [0.15, 0.2) is 0 Å². The number of hydrogen-bond donors (Lipinski definition) is 5. The van der Waals surface area contributed by atoms with Crippen LogP contribution in [0.15, 0.2) is 80.6 Å². The Labute approximate surface area is 298 Å². The summed E-state index contributed by atoms with van der Waals surface area (Å²) in [5.74, 6) is -1.62. The molecule has 0 aliphatic heterocycles. The number of amides is 1. The molecule has 6 aromatic rings. The number of fused-ring (bicyclic) bond motifs is 1. The lowest BCUT2D eigenvalue weighted by Gasteiger charge is -2.13. The molecule has 0 aliphatic rings. The van der Waals surface area contributed by atoms with Crippen molar-refractivity contribution in [1.29, 1.82) is 0 Å². The number of rotatable bonds is 10. The number of benzene rings is 3. The number of carbonyl (C=O) groups excluding carboxylic acids is 1. The summed E-state index contributed by atoms with van der Waals surface area (Å²) in [6.45, 7) is 4.87. The van der Waals surface area contributed by atoms with Gasteiger partial charge in [-0.1, -0.05) is 6.07 Å². The molecule has 6 N–H and O–H groups in total. The van der Waals surface area contributed by atoms with E-state index in [-0.39, 0.29) is 46.4 Å². The maximum absolute atomic E-state index is 12.6. The molecule has 0 spiro atoms. The zero-order valence-corrected chi connectivity index (χ0v) is 29.3. The first-order valence-corrected chi connectivity index (χ1v) is 17.6. The van der Waals surface area contributed by atoms with Gasteiger partial charge in [-0.3, -0.25) is 18.7 Å². The zero-order chi connectivity index (χ0) is 36.6. The van der Waals surface area contributed by atoms with Crippen LogP contribution in [0.2, 0.25) is 5.28 Å². The fourth-order valence-electron chi connectivity index (χ4n) is 5.08. The van der Waals surface area contributed by atoms with E-state index in [1.54, 1.807) is 18.3 Å². The standard InChI is InChI=1S/C32H27ClN10O6S2/c1-4-43-28(45)24(26(34)44)16(3)25(29(43)46)42-41-21-14-19(10-12-23(21)51(47,48)49)36-32-39-30(33)38-31(40-32)35-18-8-6-17(7-9-18)27-37-20-11-5-15(2)13-22(20)50-27/h5-14,46H,4H2,1-3H3,(H2,34,44)(H,47,48,49)(H2,35,36,38,39,40). The van der Waals surface area contributed by atoms with Crippen molar-refractivity contribution >= 4 is 83.8 Å². The van der Waals surface area contributed by atoms with Crippen molar-refractivity contribution in [1.82, 2.24) is 24.5 Å². The highest BCUT2D eigenvalue weighted by Gasteiger charge is 2.23. The SMILES string of the molecule is CCn1c(O)c(N=Nc2cc(Nc3nc(Cl)nc(Nc4ccc(-c5nc6ccc(C)cc6s5)cc4)n3)ccc2S(=O)(=O)O)c(C)c(C(N)=O)c1=O. The fraction of sp³-hybridized carbons (Fsp3) is 0.125. The molecule has 19 heteroatoms. The van der Waals surface area contributed by atoms with Crippen molar-refractivity contribution in [2.45, 2.75) is 32.2 Å². The third-order valence-corrected chi connectivity index (χ3v) is 9.65. The van der Waals surface area contributed by atoms with Crippen LogP contribution in [0.5, 0.6) is 5.88 Å². The summed E-state index contributed by atoms with van der Waals surface area (Å²) in [5.41, 5.74) is 7.23. The molecule has 0 radical (unpaired) electrons. The highest BCUT2D eigenvalue weighted by molar-refractivity contribution is 7.86. The molecule has 3 aromatic heterocycles. The highest BCUT2D eigenvalue weighted by atomic mass is 35.5. The number of anilines is 4. The summed E-state index contributed by atoms with van der Waals surface area (Å²) in [6.07, 6.45) is 0. The number of primary amides is 1. The molecule has 0 bridgehead atoms. The quantitative estimate of drug-likeness (QED) is 0.0740. The number of carbonyl (C=O) groups is 1. The summed E-state index contributed by atoms with van der Waals surface area (Å²) in [5, 5.41) is 25.2. The second-order valence-electron chi connectivity index (χ2n) is 11.0. The van der Waals surface area contributed by atoms with E-state index in [4.69, 9.17) is 22.3 Å². The molecule has 51 heavy (non-hydrogen) atoms. The minimum absolute atomic E-state index is 0.0315. The Morgan fingerprint density at radius 1 is 0.961 bits per heavy atom. The Kier molecular flexibility index (Phi) is 9.50. The summed E-state index contributed by atoms with van der Waals surface area (Å²) in [7, 11) is -4.82. The van der Waals surface area contributed by atoms with E-state index < -0.39 is 37.9 Å². The number of aromatic hydroxyl groups is 1. The van der Waals surface area contributed by atoms with Crippen molar-refractivity contribution in [3.63, 3.8) is 0 Å². The van der Waals surface area contributed by atoms with Gasteiger partial charge in [0.1, 0.15) is 26.8 Å². The largest absolute Gasteiger partial charge is 0.493 e. The lowest BCUT2D eigenvalue weighted by molar-refractivity contribution is 0.0997. The number of hydrogen-bond acceptors (Lipinski definition) is 14. The highest BCUT2D eigenvalue weighted by Crippen LogP contribution is 2.36. The monoisotopic (exact) mass is 746 g/mol. The molecule has 260 valence electrons. The molecule has 1 amide bonds. The average molecular weight is 747 g/mol. The van der Waals surface area contributed by atoms with Crippen LogP contribution >= 0.6 is 22.9 Å². The first kappa shape index (κ1) is 35.0. The van der Waals surface area contributed by atoms with E-state index in [2.05, 4.69) is 41.9 Å². The number of halogens is 1. The van der Waals surface area contributed by atoms with Gasteiger partial charge in [0.2, 0.25) is 23.1 Å². The summed E-state index contributed by atoms with van der Waals surface area (Å²) < 4.78 is 36.2. The molecule has 0 atom stereocenters. The summed E-state index contributed by atoms with van der Waals surface area (Å²) in [4.78, 5) is 41.3. The molecule has 0 unspecified atom stereocenters. The van der Waals surface area contributed by atoms with E-state index in [1.807, 2.05) is 43.3 Å². The third-order valence-electron chi connectivity index (χ3n) is 7.51. The van der Waals surface area contributed by atoms with Gasteiger partial charge in [0.05, 0.1) is 10.2 Å². The predicted molar refractivity (Wildman–Crippen MR) is 193 cm³/mol. The Morgan fingerprint density at radius 2 is 1.63 bits per heavy atom. The predicted octanol–water partition coefficient (Wildman–Crippen LogP) is 6.55. The minimum Gasteiger partial charge on any atom is -0.493 e. The lowest BCUT2D eigenvalue weighted by Crippen LogP contribution is -2.30. The number of azo groups is 1. The van der Waals surface area contributed by atoms with Gasteiger partial charge in [-0.25, -0.2) is 4.98 Å². The lowest BCUT2D eigenvalue weighted by atomic mass is 10.1.